The lowest BCUT2D eigenvalue weighted by Gasteiger charge is -2.30. The van der Waals surface area contributed by atoms with Crippen molar-refractivity contribution in [1.29, 1.82) is 0 Å². The summed E-state index contributed by atoms with van der Waals surface area (Å²) >= 11 is 0. The van der Waals surface area contributed by atoms with Crippen LogP contribution in [0.1, 0.15) is 20.3 Å². The second-order valence-electron chi connectivity index (χ2n) is 5.67. The van der Waals surface area contributed by atoms with Gasteiger partial charge in [0, 0.05) is 26.7 Å². The maximum atomic E-state index is 12.8. The molecule has 0 aliphatic carbocycles. The number of benzene rings is 1. The van der Waals surface area contributed by atoms with E-state index in [1.807, 2.05) is 38.2 Å². The van der Waals surface area contributed by atoms with Gasteiger partial charge >= 0.3 is 0 Å². The topological polar surface area (TPSA) is 49.9 Å². The molecule has 0 radical (unpaired) electrons. The number of rotatable bonds is 4. The van der Waals surface area contributed by atoms with Gasteiger partial charge in [0.1, 0.15) is 0 Å². The Morgan fingerprint density at radius 3 is 2.57 bits per heavy atom. The van der Waals surface area contributed by atoms with Crippen LogP contribution in [0.4, 0.5) is 11.4 Å². The second-order valence-corrected chi connectivity index (χ2v) is 7.56. The number of methoxy groups -OCH3 is 1. The molecule has 6 heteroatoms. The third-order valence-electron chi connectivity index (χ3n) is 3.96. The Bertz CT molecular complexity index is 588. The monoisotopic (exact) mass is 312 g/mol. The molecular formula is C15H24N2O3S. The average Bonchev–Trinajstić information content (AvgIpc) is 2.56. The molecule has 118 valence electrons. The fourth-order valence-electron chi connectivity index (χ4n) is 2.70. The van der Waals surface area contributed by atoms with Crippen LogP contribution in [0.2, 0.25) is 0 Å². The minimum atomic E-state index is -3.42. The number of hydrogen-bond donors (Lipinski definition) is 0. The Balaban J connectivity index is 2.47. The zero-order chi connectivity index (χ0) is 15.6. The summed E-state index contributed by atoms with van der Waals surface area (Å²) in [6.45, 7) is 4.58. The molecule has 0 aromatic heterocycles. The van der Waals surface area contributed by atoms with Crippen molar-refractivity contribution in [3.63, 3.8) is 0 Å². The largest absolute Gasteiger partial charge is 0.381 e. The summed E-state index contributed by atoms with van der Waals surface area (Å²) in [4.78, 5) is 2.11. The molecule has 0 saturated heterocycles. The molecular weight excluding hydrogens is 288 g/mol. The highest BCUT2D eigenvalue weighted by molar-refractivity contribution is 7.92. The number of para-hydroxylation sites is 2. The molecule has 0 spiro atoms. The summed E-state index contributed by atoms with van der Waals surface area (Å²) in [6.07, 6.45) is 0.474. The second kappa shape index (κ2) is 6.23. The van der Waals surface area contributed by atoms with E-state index in [-0.39, 0.29) is 17.9 Å². The quantitative estimate of drug-likeness (QED) is 0.854. The molecule has 21 heavy (non-hydrogen) atoms. The molecule has 5 nitrogen and oxygen atoms in total. The summed E-state index contributed by atoms with van der Waals surface area (Å²) in [5.41, 5.74) is 1.71. The first-order chi connectivity index (χ1) is 9.86. The van der Waals surface area contributed by atoms with Gasteiger partial charge < -0.3 is 9.64 Å². The van der Waals surface area contributed by atoms with E-state index in [4.69, 9.17) is 4.74 Å². The molecule has 0 amide bonds. The van der Waals surface area contributed by atoms with E-state index in [9.17, 15) is 8.42 Å². The van der Waals surface area contributed by atoms with E-state index < -0.39 is 10.0 Å². The Labute approximate surface area is 127 Å². The number of sulfonamides is 1. The number of fused-ring (bicyclic) bond motifs is 1. The van der Waals surface area contributed by atoms with Crippen LogP contribution in [-0.4, -0.2) is 47.0 Å². The number of anilines is 2. The van der Waals surface area contributed by atoms with Crippen molar-refractivity contribution in [2.75, 3.05) is 35.7 Å². The van der Waals surface area contributed by atoms with E-state index in [1.165, 1.54) is 7.11 Å². The molecule has 1 aromatic carbocycles. The highest BCUT2D eigenvalue weighted by atomic mass is 32.2. The molecule has 0 bridgehead atoms. The summed E-state index contributed by atoms with van der Waals surface area (Å²) in [6, 6.07) is 7.60. The van der Waals surface area contributed by atoms with Crippen molar-refractivity contribution in [2.45, 2.75) is 32.4 Å². The maximum Gasteiger partial charge on any atom is 0.238 e. The van der Waals surface area contributed by atoms with E-state index in [1.54, 1.807) is 11.2 Å². The first-order valence-corrected chi connectivity index (χ1v) is 8.83. The number of ether oxygens (including phenoxy) is 1. The zero-order valence-corrected chi connectivity index (χ0v) is 13.9. The van der Waals surface area contributed by atoms with Gasteiger partial charge in [0.2, 0.25) is 10.0 Å². The van der Waals surface area contributed by atoms with Gasteiger partial charge in [-0.1, -0.05) is 12.1 Å². The molecule has 1 heterocycles. The first-order valence-electron chi connectivity index (χ1n) is 7.22. The maximum absolute atomic E-state index is 12.8. The Kier molecular flexibility index (Phi) is 4.78. The van der Waals surface area contributed by atoms with Crippen molar-refractivity contribution in [1.82, 2.24) is 0 Å². The molecule has 2 atom stereocenters. The molecule has 2 unspecified atom stereocenters. The van der Waals surface area contributed by atoms with Crippen LogP contribution in [0.25, 0.3) is 0 Å². The van der Waals surface area contributed by atoms with Crippen LogP contribution in [0.15, 0.2) is 24.3 Å². The lowest BCUT2D eigenvalue weighted by Crippen LogP contribution is -2.42. The zero-order valence-electron chi connectivity index (χ0n) is 13.1. The highest BCUT2D eigenvalue weighted by Crippen LogP contribution is 2.35. The van der Waals surface area contributed by atoms with Crippen LogP contribution < -0.4 is 9.21 Å². The SMILES string of the molecule is COC(C)CS(=O)(=O)N1c2ccccc2N(C)CCC1C. The van der Waals surface area contributed by atoms with Gasteiger partial charge in [-0.15, -0.1) is 0 Å². The minimum absolute atomic E-state index is 0.00805. The average molecular weight is 312 g/mol. The molecule has 0 fully saturated rings. The Morgan fingerprint density at radius 1 is 1.33 bits per heavy atom. The van der Waals surface area contributed by atoms with Gasteiger partial charge in [0.25, 0.3) is 0 Å². The summed E-state index contributed by atoms with van der Waals surface area (Å²) in [5, 5.41) is 0. The predicted molar refractivity (Wildman–Crippen MR) is 86.5 cm³/mol. The van der Waals surface area contributed by atoms with Crippen LogP contribution in [0.5, 0.6) is 0 Å². The van der Waals surface area contributed by atoms with Crippen LogP contribution in [0, 0.1) is 0 Å². The smallest absolute Gasteiger partial charge is 0.238 e. The highest BCUT2D eigenvalue weighted by Gasteiger charge is 2.33. The third kappa shape index (κ3) is 3.32. The van der Waals surface area contributed by atoms with Crippen molar-refractivity contribution >= 4 is 21.4 Å². The van der Waals surface area contributed by atoms with Gasteiger partial charge in [-0.25, -0.2) is 8.42 Å². The molecule has 0 N–H and O–H groups in total. The van der Waals surface area contributed by atoms with E-state index >= 15 is 0 Å². The van der Waals surface area contributed by atoms with Crippen LogP contribution in [0.3, 0.4) is 0 Å². The first kappa shape index (κ1) is 16.1. The lowest BCUT2D eigenvalue weighted by atomic mass is 10.2. The van der Waals surface area contributed by atoms with Gasteiger partial charge in [-0.05, 0) is 32.4 Å². The van der Waals surface area contributed by atoms with Crippen LogP contribution in [-0.2, 0) is 14.8 Å². The Hall–Kier alpha value is -1.27. The third-order valence-corrected chi connectivity index (χ3v) is 6.01. The fourth-order valence-corrected chi connectivity index (χ4v) is 4.70. The lowest BCUT2D eigenvalue weighted by molar-refractivity contribution is 0.136. The normalized spacial score (nSPS) is 20.9. The predicted octanol–water partition coefficient (Wildman–Crippen LogP) is 2.09. The van der Waals surface area contributed by atoms with Gasteiger partial charge in [0.05, 0.1) is 23.2 Å². The van der Waals surface area contributed by atoms with Crippen LogP contribution >= 0.6 is 0 Å². The number of hydrogen-bond acceptors (Lipinski definition) is 4. The van der Waals surface area contributed by atoms with Gasteiger partial charge in [0.15, 0.2) is 0 Å². The standard InChI is InChI=1S/C15H24N2O3S/c1-12-9-10-16(3)14-7-5-6-8-15(14)17(12)21(18,19)11-13(2)20-4/h5-8,12-13H,9-11H2,1-4H3. The molecule has 1 aliphatic rings. The number of nitrogens with zero attached hydrogens (tertiary/aromatic N) is 2. The Morgan fingerprint density at radius 2 is 1.95 bits per heavy atom. The van der Waals surface area contributed by atoms with E-state index in [0.717, 1.165) is 24.3 Å². The van der Waals surface area contributed by atoms with Crippen molar-refractivity contribution in [3.8, 4) is 0 Å². The fraction of sp³-hybridized carbons (Fsp3) is 0.600. The summed E-state index contributed by atoms with van der Waals surface area (Å²) < 4.78 is 32.3. The molecule has 2 rings (SSSR count). The van der Waals surface area contributed by atoms with Crippen molar-refractivity contribution < 1.29 is 13.2 Å². The molecule has 0 saturated carbocycles. The van der Waals surface area contributed by atoms with E-state index in [0.29, 0.717) is 0 Å². The van der Waals surface area contributed by atoms with Gasteiger partial charge in [-0.3, -0.25) is 4.31 Å². The van der Waals surface area contributed by atoms with E-state index in [2.05, 4.69) is 4.90 Å². The molecule has 1 aromatic rings. The summed E-state index contributed by atoms with van der Waals surface area (Å²) in [5.74, 6) is -0.00805. The van der Waals surface area contributed by atoms with Crippen molar-refractivity contribution in [2.24, 2.45) is 0 Å². The van der Waals surface area contributed by atoms with Crippen molar-refractivity contribution in [3.05, 3.63) is 24.3 Å². The summed E-state index contributed by atoms with van der Waals surface area (Å²) in [7, 11) is 0.113. The molecule has 1 aliphatic heterocycles. The minimum Gasteiger partial charge on any atom is -0.381 e. The van der Waals surface area contributed by atoms with Gasteiger partial charge in [-0.2, -0.15) is 0 Å².